The second kappa shape index (κ2) is 8.23. The molecule has 27 heavy (non-hydrogen) atoms. The number of pyridine rings is 1. The average molecular weight is 362 g/mol. The number of ether oxygens (including phenoxy) is 1. The minimum absolute atomic E-state index is 0.247. The van der Waals surface area contributed by atoms with Gasteiger partial charge in [-0.3, -0.25) is 4.79 Å². The molecule has 0 spiro atoms. The molecule has 138 valence electrons. The number of carbonyl (C=O) groups excluding carboxylic acids is 1. The normalized spacial score (nSPS) is 10.2. The van der Waals surface area contributed by atoms with Crippen LogP contribution in [0.4, 0.5) is 22.7 Å². The number of hydrogen-bond acceptors (Lipinski definition) is 5. The Labute approximate surface area is 158 Å². The van der Waals surface area contributed by atoms with Crippen molar-refractivity contribution >= 4 is 28.7 Å². The van der Waals surface area contributed by atoms with Crippen LogP contribution in [0.2, 0.25) is 0 Å². The van der Waals surface area contributed by atoms with E-state index in [1.54, 1.807) is 19.4 Å². The molecule has 1 heterocycles. The van der Waals surface area contributed by atoms with E-state index >= 15 is 0 Å². The molecule has 2 aromatic carbocycles. The smallest absolute Gasteiger partial charge is 0.274 e. The van der Waals surface area contributed by atoms with Crippen LogP contribution >= 0.6 is 0 Å². The van der Waals surface area contributed by atoms with Crippen molar-refractivity contribution in [3.63, 3.8) is 0 Å². The van der Waals surface area contributed by atoms with Crippen molar-refractivity contribution in [1.82, 2.24) is 4.98 Å². The first-order chi connectivity index (χ1) is 13.0. The van der Waals surface area contributed by atoms with E-state index in [0.717, 1.165) is 28.5 Å². The molecule has 0 saturated carbocycles. The van der Waals surface area contributed by atoms with Gasteiger partial charge in [-0.1, -0.05) is 0 Å². The molecule has 3 aromatic rings. The number of hydrogen-bond donors (Lipinski definition) is 2. The molecular formula is C21H22N4O2. The predicted molar refractivity (Wildman–Crippen MR) is 109 cm³/mol. The van der Waals surface area contributed by atoms with Gasteiger partial charge >= 0.3 is 0 Å². The highest BCUT2D eigenvalue weighted by molar-refractivity contribution is 6.03. The molecule has 0 bridgehead atoms. The van der Waals surface area contributed by atoms with Gasteiger partial charge in [0.05, 0.1) is 19.0 Å². The Morgan fingerprint density at radius 3 is 2.07 bits per heavy atom. The molecule has 2 N–H and O–H groups in total. The molecule has 0 unspecified atom stereocenters. The van der Waals surface area contributed by atoms with Crippen molar-refractivity contribution in [1.29, 1.82) is 0 Å². The van der Waals surface area contributed by atoms with Crippen LogP contribution in [0, 0.1) is 0 Å². The van der Waals surface area contributed by atoms with E-state index in [9.17, 15) is 4.79 Å². The van der Waals surface area contributed by atoms with Gasteiger partial charge in [0.15, 0.2) is 0 Å². The van der Waals surface area contributed by atoms with E-state index in [1.807, 2.05) is 73.6 Å². The van der Waals surface area contributed by atoms with Gasteiger partial charge in [-0.2, -0.15) is 0 Å². The highest BCUT2D eigenvalue weighted by atomic mass is 16.5. The number of aromatic nitrogens is 1. The molecule has 1 aromatic heterocycles. The maximum Gasteiger partial charge on any atom is 0.274 e. The number of anilines is 4. The van der Waals surface area contributed by atoms with Crippen LogP contribution < -0.4 is 20.3 Å². The van der Waals surface area contributed by atoms with E-state index in [1.165, 1.54) is 0 Å². The quantitative estimate of drug-likeness (QED) is 0.689. The number of methoxy groups -OCH3 is 1. The van der Waals surface area contributed by atoms with Crippen molar-refractivity contribution in [3.05, 3.63) is 72.6 Å². The highest BCUT2D eigenvalue weighted by Gasteiger charge is 2.08. The summed E-state index contributed by atoms with van der Waals surface area (Å²) in [7, 11) is 5.57. The molecule has 0 fully saturated rings. The van der Waals surface area contributed by atoms with Crippen LogP contribution in [0.5, 0.6) is 5.75 Å². The lowest BCUT2D eigenvalue weighted by Gasteiger charge is -2.13. The molecular weight excluding hydrogens is 340 g/mol. The summed E-state index contributed by atoms with van der Waals surface area (Å²) in [6.07, 6.45) is 1.63. The van der Waals surface area contributed by atoms with Crippen molar-refractivity contribution < 1.29 is 9.53 Å². The predicted octanol–water partition coefficient (Wildman–Crippen LogP) is 4.15. The van der Waals surface area contributed by atoms with Gasteiger partial charge in [-0.15, -0.1) is 0 Å². The zero-order valence-corrected chi connectivity index (χ0v) is 15.6. The molecule has 0 aliphatic carbocycles. The first-order valence-electron chi connectivity index (χ1n) is 8.51. The van der Waals surface area contributed by atoms with E-state index in [-0.39, 0.29) is 5.91 Å². The van der Waals surface area contributed by atoms with Crippen LogP contribution in [0.3, 0.4) is 0 Å². The number of benzene rings is 2. The molecule has 6 nitrogen and oxygen atoms in total. The first kappa shape index (κ1) is 18.3. The van der Waals surface area contributed by atoms with Gasteiger partial charge < -0.3 is 20.3 Å². The van der Waals surface area contributed by atoms with E-state index in [0.29, 0.717) is 5.69 Å². The maximum atomic E-state index is 12.4. The summed E-state index contributed by atoms with van der Waals surface area (Å²) in [5, 5.41) is 6.09. The van der Waals surface area contributed by atoms with Crippen LogP contribution in [0.25, 0.3) is 0 Å². The van der Waals surface area contributed by atoms with Gasteiger partial charge in [0, 0.05) is 31.2 Å². The summed E-state index contributed by atoms with van der Waals surface area (Å²) in [4.78, 5) is 18.6. The van der Waals surface area contributed by atoms with Crippen molar-refractivity contribution in [2.24, 2.45) is 0 Å². The van der Waals surface area contributed by atoms with Crippen molar-refractivity contribution in [2.75, 3.05) is 36.7 Å². The lowest BCUT2D eigenvalue weighted by Crippen LogP contribution is -2.14. The Bertz CT molecular complexity index is 889. The second-order valence-corrected chi connectivity index (χ2v) is 6.18. The zero-order valence-electron chi connectivity index (χ0n) is 15.6. The SMILES string of the molecule is COc1ccc(Nc2ccc(C(=O)Nc3ccc(N(C)C)cc3)nc2)cc1. The van der Waals surface area contributed by atoms with Crippen molar-refractivity contribution in [2.45, 2.75) is 0 Å². The van der Waals surface area contributed by atoms with Crippen LogP contribution in [-0.4, -0.2) is 32.1 Å². The lowest BCUT2D eigenvalue weighted by atomic mass is 10.2. The fourth-order valence-corrected chi connectivity index (χ4v) is 2.48. The molecule has 0 radical (unpaired) electrons. The van der Waals surface area contributed by atoms with Gasteiger partial charge in [-0.25, -0.2) is 4.98 Å². The van der Waals surface area contributed by atoms with Crippen LogP contribution in [0.1, 0.15) is 10.5 Å². The van der Waals surface area contributed by atoms with Gasteiger partial charge in [-0.05, 0) is 60.7 Å². The third-order valence-electron chi connectivity index (χ3n) is 4.02. The highest BCUT2D eigenvalue weighted by Crippen LogP contribution is 2.20. The van der Waals surface area contributed by atoms with E-state index < -0.39 is 0 Å². The van der Waals surface area contributed by atoms with E-state index in [4.69, 9.17) is 4.74 Å². The summed E-state index contributed by atoms with van der Waals surface area (Å²) in [5.74, 6) is 0.549. The largest absolute Gasteiger partial charge is 0.497 e. The summed E-state index contributed by atoms with van der Waals surface area (Å²) >= 11 is 0. The van der Waals surface area contributed by atoms with Gasteiger partial charge in [0.1, 0.15) is 11.4 Å². The topological polar surface area (TPSA) is 66.5 Å². The Balaban J connectivity index is 1.62. The third-order valence-corrected chi connectivity index (χ3v) is 4.02. The molecule has 6 heteroatoms. The van der Waals surface area contributed by atoms with Crippen molar-refractivity contribution in [3.8, 4) is 5.75 Å². The van der Waals surface area contributed by atoms with E-state index in [2.05, 4.69) is 15.6 Å². The van der Waals surface area contributed by atoms with Gasteiger partial charge in [0.2, 0.25) is 0 Å². The summed E-state index contributed by atoms with van der Waals surface area (Å²) < 4.78 is 5.14. The molecule has 3 rings (SSSR count). The molecule has 0 aliphatic heterocycles. The number of rotatable bonds is 6. The standard InChI is InChI=1S/C21H22N4O2/c1-25(2)18-9-4-16(5-10-18)24-21(26)20-13-8-17(14-22-20)23-15-6-11-19(27-3)12-7-15/h4-14,23H,1-3H3,(H,24,26). The summed E-state index contributed by atoms with van der Waals surface area (Å²) in [6.45, 7) is 0. The molecule has 0 saturated heterocycles. The Morgan fingerprint density at radius 1 is 0.889 bits per heavy atom. The maximum absolute atomic E-state index is 12.4. The Morgan fingerprint density at radius 2 is 1.52 bits per heavy atom. The minimum Gasteiger partial charge on any atom is -0.497 e. The zero-order chi connectivity index (χ0) is 19.2. The monoisotopic (exact) mass is 362 g/mol. The molecule has 1 amide bonds. The molecule has 0 aliphatic rings. The Kier molecular flexibility index (Phi) is 5.56. The lowest BCUT2D eigenvalue weighted by molar-refractivity contribution is 0.102. The number of nitrogens with zero attached hydrogens (tertiary/aromatic N) is 2. The number of amides is 1. The second-order valence-electron chi connectivity index (χ2n) is 6.18. The fraction of sp³-hybridized carbons (Fsp3) is 0.143. The fourth-order valence-electron chi connectivity index (χ4n) is 2.48. The van der Waals surface area contributed by atoms with Crippen LogP contribution in [0.15, 0.2) is 66.9 Å². The van der Waals surface area contributed by atoms with Gasteiger partial charge in [0.25, 0.3) is 5.91 Å². The summed E-state index contributed by atoms with van der Waals surface area (Å²) in [5.41, 5.74) is 3.86. The third kappa shape index (κ3) is 4.76. The minimum atomic E-state index is -0.247. The Hall–Kier alpha value is -3.54. The average Bonchev–Trinajstić information content (AvgIpc) is 2.69. The number of nitrogens with one attached hydrogen (secondary N) is 2. The number of carbonyl (C=O) groups is 1. The van der Waals surface area contributed by atoms with Crippen LogP contribution in [-0.2, 0) is 0 Å². The summed E-state index contributed by atoms with van der Waals surface area (Å²) in [6, 6.07) is 18.7. The first-order valence-corrected chi connectivity index (χ1v) is 8.51. The molecule has 0 atom stereocenters.